The van der Waals surface area contributed by atoms with Gasteiger partial charge in [-0.15, -0.1) is 0 Å². The number of aliphatic hydroxyl groups is 1. The molecule has 3 heteroatoms. The minimum Gasteiger partial charge on any atom is -0.494 e. The lowest BCUT2D eigenvalue weighted by Gasteiger charge is -2.34. The zero-order chi connectivity index (χ0) is 17.5. The maximum atomic E-state index is 11.0. The maximum Gasteiger partial charge on any atom is 0.199 e. The van der Waals surface area contributed by atoms with Crippen molar-refractivity contribution in [1.29, 1.82) is 0 Å². The van der Waals surface area contributed by atoms with Gasteiger partial charge in [-0.3, -0.25) is 0 Å². The van der Waals surface area contributed by atoms with Gasteiger partial charge in [0.05, 0.1) is 6.04 Å². The van der Waals surface area contributed by atoms with Crippen LogP contribution in [0, 0.1) is 0 Å². The minimum absolute atomic E-state index is 0.0951. The van der Waals surface area contributed by atoms with Gasteiger partial charge in [0, 0.05) is 34.4 Å². The first-order valence-corrected chi connectivity index (χ1v) is 8.72. The fourth-order valence-electron chi connectivity index (χ4n) is 3.81. The standard InChI is InChI=1S/C23H18N2O/c26-23(17-8-1-2-9-17)25-14-13-16-7-3-4-10-18(16)22(25)20-15-24-21-12-6-5-11-19(20)21/h1-15,22,24,26H. The number of hydrogen-bond acceptors (Lipinski definition) is 2. The molecule has 1 aliphatic heterocycles. The zero-order valence-electron chi connectivity index (χ0n) is 14.1. The summed E-state index contributed by atoms with van der Waals surface area (Å²) in [6.45, 7) is 0. The predicted molar refractivity (Wildman–Crippen MR) is 105 cm³/mol. The van der Waals surface area contributed by atoms with Crippen molar-refractivity contribution >= 4 is 17.0 Å². The maximum absolute atomic E-state index is 11.0. The smallest absolute Gasteiger partial charge is 0.199 e. The van der Waals surface area contributed by atoms with Gasteiger partial charge in [-0.25, -0.2) is 0 Å². The first-order valence-electron chi connectivity index (χ1n) is 8.72. The van der Waals surface area contributed by atoms with E-state index in [0.29, 0.717) is 0 Å². The number of allylic oxidation sites excluding steroid dienone is 5. The van der Waals surface area contributed by atoms with Crippen molar-refractivity contribution in [2.45, 2.75) is 6.04 Å². The van der Waals surface area contributed by atoms with Crippen LogP contribution in [0.25, 0.3) is 17.0 Å². The molecule has 5 rings (SSSR count). The Morgan fingerprint density at radius 1 is 0.885 bits per heavy atom. The summed E-state index contributed by atoms with van der Waals surface area (Å²) < 4.78 is 0. The van der Waals surface area contributed by atoms with E-state index in [1.807, 2.05) is 47.5 Å². The monoisotopic (exact) mass is 338 g/mol. The van der Waals surface area contributed by atoms with Crippen LogP contribution in [-0.4, -0.2) is 15.0 Å². The number of aliphatic hydroxyl groups excluding tert-OH is 1. The summed E-state index contributed by atoms with van der Waals surface area (Å²) in [5.41, 5.74) is 5.42. The third-order valence-electron chi connectivity index (χ3n) is 5.06. The van der Waals surface area contributed by atoms with Gasteiger partial charge in [0.15, 0.2) is 5.88 Å². The summed E-state index contributed by atoms with van der Waals surface area (Å²) in [4.78, 5) is 5.32. The molecule has 0 bridgehead atoms. The van der Waals surface area contributed by atoms with Crippen molar-refractivity contribution in [1.82, 2.24) is 9.88 Å². The molecule has 1 aliphatic carbocycles. The number of aromatic nitrogens is 1. The molecular formula is C23H18N2O. The largest absolute Gasteiger partial charge is 0.494 e. The topological polar surface area (TPSA) is 39.3 Å². The average Bonchev–Trinajstić information content (AvgIpc) is 3.36. The summed E-state index contributed by atoms with van der Waals surface area (Å²) in [7, 11) is 0. The molecule has 0 spiro atoms. The van der Waals surface area contributed by atoms with Crippen molar-refractivity contribution in [2.75, 3.05) is 0 Å². The van der Waals surface area contributed by atoms with Crippen molar-refractivity contribution < 1.29 is 5.11 Å². The molecule has 1 unspecified atom stereocenters. The summed E-state index contributed by atoms with van der Waals surface area (Å²) in [6, 6.07) is 16.5. The van der Waals surface area contributed by atoms with E-state index in [4.69, 9.17) is 0 Å². The number of aromatic amines is 1. The second-order valence-electron chi connectivity index (χ2n) is 6.54. The first-order chi connectivity index (χ1) is 12.8. The Bertz CT molecular complexity index is 1100. The molecule has 0 amide bonds. The van der Waals surface area contributed by atoms with Gasteiger partial charge >= 0.3 is 0 Å². The van der Waals surface area contributed by atoms with E-state index in [1.165, 1.54) is 16.5 Å². The van der Waals surface area contributed by atoms with E-state index in [0.717, 1.165) is 16.7 Å². The Hall–Kier alpha value is -3.46. The average molecular weight is 338 g/mol. The van der Waals surface area contributed by atoms with Gasteiger partial charge in [0.1, 0.15) is 0 Å². The molecule has 2 aliphatic rings. The fourth-order valence-corrected chi connectivity index (χ4v) is 3.81. The van der Waals surface area contributed by atoms with Crippen LogP contribution in [-0.2, 0) is 0 Å². The van der Waals surface area contributed by atoms with E-state index in [2.05, 4.69) is 53.7 Å². The molecule has 0 saturated heterocycles. The van der Waals surface area contributed by atoms with Crippen LogP contribution in [0.4, 0.5) is 0 Å². The third-order valence-corrected chi connectivity index (χ3v) is 5.06. The van der Waals surface area contributed by atoms with Crippen LogP contribution in [0.5, 0.6) is 0 Å². The van der Waals surface area contributed by atoms with E-state index in [-0.39, 0.29) is 11.9 Å². The number of H-pyrrole nitrogens is 1. The number of benzene rings is 2. The number of rotatable bonds is 2. The molecule has 26 heavy (non-hydrogen) atoms. The number of fused-ring (bicyclic) bond motifs is 2. The Morgan fingerprint density at radius 2 is 1.65 bits per heavy atom. The molecule has 0 saturated carbocycles. The van der Waals surface area contributed by atoms with Gasteiger partial charge in [-0.1, -0.05) is 54.6 Å². The SMILES string of the molecule is OC(=C1C=CC=C1)N1C=Cc2ccccc2C1c1c[nH]c2ccccc12. The molecule has 0 fully saturated rings. The lowest BCUT2D eigenvalue weighted by Crippen LogP contribution is -2.27. The molecule has 126 valence electrons. The van der Waals surface area contributed by atoms with E-state index < -0.39 is 0 Å². The fraction of sp³-hybridized carbons (Fsp3) is 0.0435. The predicted octanol–water partition coefficient (Wildman–Crippen LogP) is 5.44. The van der Waals surface area contributed by atoms with E-state index in [1.54, 1.807) is 0 Å². The highest BCUT2D eigenvalue weighted by Crippen LogP contribution is 2.40. The lowest BCUT2D eigenvalue weighted by molar-refractivity contribution is 0.222. The quantitative estimate of drug-likeness (QED) is 0.611. The number of nitrogens with zero attached hydrogens (tertiary/aromatic N) is 1. The van der Waals surface area contributed by atoms with Gasteiger partial charge in [0.25, 0.3) is 0 Å². The van der Waals surface area contributed by atoms with Gasteiger partial charge in [-0.05, 0) is 35.4 Å². The van der Waals surface area contributed by atoms with Crippen LogP contribution in [0.2, 0.25) is 0 Å². The molecule has 1 atom stereocenters. The highest BCUT2D eigenvalue weighted by molar-refractivity contribution is 5.84. The highest BCUT2D eigenvalue weighted by atomic mass is 16.3. The molecule has 2 heterocycles. The van der Waals surface area contributed by atoms with Gasteiger partial charge in [-0.2, -0.15) is 0 Å². The summed E-state index contributed by atoms with van der Waals surface area (Å²) in [5.74, 6) is 0.260. The second-order valence-corrected chi connectivity index (χ2v) is 6.54. The van der Waals surface area contributed by atoms with E-state index in [9.17, 15) is 5.11 Å². The number of para-hydroxylation sites is 1. The lowest BCUT2D eigenvalue weighted by atomic mass is 9.90. The first kappa shape index (κ1) is 14.8. The van der Waals surface area contributed by atoms with Gasteiger partial charge in [0.2, 0.25) is 0 Å². The van der Waals surface area contributed by atoms with Crippen molar-refractivity contribution in [3.05, 3.63) is 113 Å². The Morgan fingerprint density at radius 3 is 2.54 bits per heavy atom. The minimum atomic E-state index is -0.0951. The van der Waals surface area contributed by atoms with Crippen LogP contribution in [0.3, 0.4) is 0 Å². The summed E-state index contributed by atoms with van der Waals surface area (Å²) in [6.07, 6.45) is 13.8. The number of nitrogens with one attached hydrogen (secondary N) is 1. The molecule has 1 aromatic heterocycles. The molecule has 0 radical (unpaired) electrons. The van der Waals surface area contributed by atoms with Crippen molar-refractivity contribution in [3.8, 4) is 0 Å². The second kappa shape index (κ2) is 5.81. The Kier molecular flexibility index (Phi) is 3.32. The number of hydrogen-bond donors (Lipinski definition) is 2. The van der Waals surface area contributed by atoms with Crippen LogP contribution in [0.1, 0.15) is 22.7 Å². The van der Waals surface area contributed by atoms with Gasteiger partial charge < -0.3 is 15.0 Å². The van der Waals surface area contributed by atoms with Crippen LogP contribution >= 0.6 is 0 Å². The third kappa shape index (κ3) is 2.21. The Balaban J connectivity index is 1.74. The highest BCUT2D eigenvalue weighted by Gasteiger charge is 2.30. The van der Waals surface area contributed by atoms with Crippen LogP contribution in [0.15, 0.2) is 96.7 Å². The zero-order valence-corrected chi connectivity index (χ0v) is 14.1. The van der Waals surface area contributed by atoms with Crippen molar-refractivity contribution in [3.63, 3.8) is 0 Å². The molecule has 3 nitrogen and oxygen atoms in total. The summed E-state index contributed by atoms with van der Waals surface area (Å²) >= 11 is 0. The molecule has 2 aromatic carbocycles. The Labute approximate surface area is 151 Å². The summed E-state index contributed by atoms with van der Waals surface area (Å²) in [5, 5.41) is 12.2. The van der Waals surface area contributed by atoms with E-state index >= 15 is 0 Å². The molecule has 2 N–H and O–H groups in total. The molecular weight excluding hydrogens is 320 g/mol. The van der Waals surface area contributed by atoms with Crippen molar-refractivity contribution in [2.24, 2.45) is 0 Å². The van der Waals surface area contributed by atoms with Crippen LogP contribution < -0.4 is 0 Å². The molecule has 3 aromatic rings. The normalized spacial score (nSPS) is 17.9.